The molecular formula is C9H12F3N3. The molecule has 1 fully saturated rings. The van der Waals surface area contributed by atoms with E-state index in [1.165, 1.54) is 0 Å². The van der Waals surface area contributed by atoms with E-state index in [0.29, 0.717) is 6.54 Å². The zero-order valence-electron chi connectivity index (χ0n) is 8.01. The highest BCUT2D eigenvalue weighted by Crippen LogP contribution is 2.40. The number of H-pyrrole nitrogens is 1. The maximum atomic E-state index is 12.1. The minimum absolute atomic E-state index is 0.0262. The highest BCUT2D eigenvalue weighted by atomic mass is 19.4. The van der Waals surface area contributed by atoms with E-state index in [1.54, 1.807) is 12.4 Å². The fourth-order valence-corrected chi connectivity index (χ4v) is 1.69. The second-order valence-electron chi connectivity index (χ2n) is 3.82. The summed E-state index contributed by atoms with van der Waals surface area (Å²) in [7, 11) is 0. The van der Waals surface area contributed by atoms with Gasteiger partial charge >= 0.3 is 6.18 Å². The smallest absolute Gasteiger partial charge is 0.348 e. The molecule has 0 spiro atoms. The van der Waals surface area contributed by atoms with Crippen LogP contribution in [0.3, 0.4) is 0 Å². The number of hydrogen-bond donors (Lipinski definition) is 2. The third-order valence-corrected chi connectivity index (χ3v) is 2.71. The summed E-state index contributed by atoms with van der Waals surface area (Å²) in [5.41, 5.74) is 0. The van der Waals surface area contributed by atoms with Crippen LogP contribution in [0.4, 0.5) is 13.2 Å². The molecule has 1 aliphatic carbocycles. The molecule has 0 saturated heterocycles. The quantitative estimate of drug-likeness (QED) is 0.814. The summed E-state index contributed by atoms with van der Waals surface area (Å²) in [6, 6.07) is -0.0262. The Hall–Kier alpha value is -1.04. The van der Waals surface area contributed by atoms with Gasteiger partial charge in [0.1, 0.15) is 5.82 Å². The predicted molar refractivity (Wildman–Crippen MR) is 48.0 cm³/mol. The standard InChI is InChI=1S/C9H12F3N3/c10-9(11,12)6-3-7(4-6)15-5-8-13-1-2-14-8/h1-2,6-7,15H,3-5H2,(H,13,14). The molecule has 1 aromatic heterocycles. The maximum absolute atomic E-state index is 12.1. The SMILES string of the molecule is FC(F)(F)C1CC(NCc2ncc[nH]2)C1. The Balaban J connectivity index is 1.68. The molecule has 1 aromatic rings. The lowest BCUT2D eigenvalue weighted by molar-refractivity contribution is -0.199. The molecule has 0 aliphatic heterocycles. The largest absolute Gasteiger partial charge is 0.391 e. The van der Waals surface area contributed by atoms with Crippen LogP contribution < -0.4 is 5.32 Å². The van der Waals surface area contributed by atoms with Gasteiger partial charge in [0.05, 0.1) is 12.5 Å². The van der Waals surface area contributed by atoms with Gasteiger partial charge in [0, 0.05) is 18.4 Å². The van der Waals surface area contributed by atoms with Gasteiger partial charge in [0.25, 0.3) is 0 Å². The van der Waals surface area contributed by atoms with E-state index in [-0.39, 0.29) is 18.9 Å². The number of aromatic amines is 1. The van der Waals surface area contributed by atoms with E-state index in [4.69, 9.17) is 0 Å². The third kappa shape index (κ3) is 2.50. The van der Waals surface area contributed by atoms with Crippen molar-refractivity contribution in [2.45, 2.75) is 31.6 Å². The summed E-state index contributed by atoms with van der Waals surface area (Å²) in [5, 5.41) is 3.03. The Labute approximate surface area is 85.1 Å². The van der Waals surface area contributed by atoms with Crippen LogP contribution in [-0.2, 0) is 6.54 Å². The molecule has 2 rings (SSSR count). The third-order valence-electron chi connectivity index (χ3n) is 2.71. The molecule has 2 N–H and O–H groups in total. The van der Waals surface area contributed by atoms with Crippen molar-refractivity contribution >= 4 is 0 Å². The minimum Gasteiger partial charge on any atom is -0.348 e. The average Bonchev–Trinajstić information content (AvgIpc) is 2.50. The van der Waals surface area contributed by atoms with Gasteiger partial charge < -0.3 is 10.3 Å². The first-order valence-electron chi connectivity index (χ1n) is 4.84. The van der Waals surface area contributed by atoms with E-state index < -0.39 is 12.1 Å². The van der Waals surface area contributed by atoms with Crippen molar-refractivity contribution in [2.24, 2.45) is 5.92 Å². The lowest BCUT2D eigenvalue weighted by atomic mass is 9.80. The van der Waals surface area contributed by atoms with Crippen LogP contribution in [0.25, 0.3) is 0 Å². The molecule has 3 nitrogen and oxygen atoms in total. The van der Waals surface area contributed by atoms with Gasteiger partial charge in [-0.15, -0.1) is 0 Å². The highest BCUT2D eigenvalue weighted by molar-refractivity contribution is 4.92. The molecule has 1 aliphatic rings. The molecule has 0 unspecified atom stereocenters. The topological polar surface area (TPSA) is 40.7 Å². The van der Waals surface area contributed by atoms with Gasteiger partial charge in [0.15, 0.2) is 0 Å². The Morgan fingerprint density at radius 2 is 2.20 bits per heavy atom. The molecule has 0 aromatic carbocycles. The first kappa shape index (κ1) is 10.5. The highest BCUT2D eigenvalue weighted by Gasteiger charge is 2.47. The Kier molecular flexibility index (Phi) is 2.68. The zero-order chi connectivity index (χ0) is 10.9. The van der Waals surface area contributed by atoms with E-state index in [9.17, 15) is 13.2 Å². The van der Waals surface area contributed by atoms with Crippen molar-refractivity contribution in [3.05, 3.63) is 18.2 Å². The molecule has 0 radical (unpaired) electrons. The molecule has 0 amide bonds. The first-order valence-corrected chi connectivity index (χ1v) is 4.84. The summed E-state index contributed by atoms with van der Waals surface area (Å²) in [6.45, 7) is 0.502. The number of rotatable bonds is 3. The molecule has 6 heteroatoms. The second kappa shape index (κ2) is 3.84. The van der Waals surface area contributed by atoms with E-state index in [2.05, 4.69) is 15.3 Å². The van der Waals surface area contributed by atoms with Crippen LogP contribution >= 0.6 is 0 Å². The van der Waals surface area contributed by atoms with E-state index in [1.807, 2.05) is 0 Å². The number of hydrogen-bond acceptors (Lipinski definition) is 2. The fourth-order valence-electron chi connectivity index (χ4n) is 1.69. The second-order valence-corrected chi connectivity index (χ2v) is 3.82. The van der Waals surface area contributed by atoms with Gasteiger partial charge in [-0.3, -0.25) is 0 Å². The minimum atomic E-state index is -4.02. The van der Waals surface area contributed by atoms with E-state index >= 15 is 0 Å². The molecule has 1 saturated carbocycles. The van der Waals surface area contributed by atoms with Crippen LogP contribution in [0.5, 0.6) is 0 Å². The van der Waals surface area contributed by atoms with Gasteiger partial charge in [-0.05, 0) is 12.8 Å². The predicted octanol–water partition coefficient (Wildman–Crippen LogP) is 1.84. The van der Waals surface area contributed by atoms with Crippen molar-refractivity contribution in [3.8, 4) is 0 Å². The Bertz CT molecular complexity index is 301. The number of imidazole rings is 1. The molecule has 0 bridgehead atoms. The zero-order valence-corrected chi connectivity index (χ0v) is 8.01. The average molecular weight is 219 g/mol. The van der Waals surface area contributed by atoms with E-state index in [0.717, 1.165) is 5.82 Å². The van der Waals surface area contributed by atoms with Gasteiger partial charge in [-0.25, -0.2) is 4.98 Å². The van der Waals surface area contributed by atoms with Crippen LogP contribution in [0.1, 0.15) is 18.7 Å². The number of alkyl halides is 3. The summed E-state index contributed by atoms with van der Waals surface area (Å²) in [5.74, 6) is -0.364. The summed E-state index contributed by atoms with van der Waals surface area (Å²) >= 11 is 0. The molecule has 15 heavy (non-hydrogen) atoms. The number of halogens is 3. The number of aromatic nitrogens is 2. The summed E-state index contributed by atoms with van der Waals surface area (Å²) in [6.07, 6.45) is -0.343. The summed E-state index contributed by atoms with van der Waals surface area (Å²) < 4.78 is 36.4. The first-order chi connectivity index (χ1) is 7.05. The van der Waals surface area contributed by atoms with Crippen molar-refractivity contribution in [1.82, 2.24) is 15.3 Å². The molecule has 84 valence electrons. The molecule has 0 atom stereocenters. The molecular weight excluding hydrogens is 207 g/mol. The van der Waals surface area contributed by atoms with Crippen LogP contribution in [0.15, 0.2) is 12.4 Å². The number of nitrogens with zero attached hydrogens (tertiary/aromatic N) is 1. The molecule has 1 heterocycles. The van der Waals surface area contributed by atoms with Crippen LogP contribution in [0.2, 0.25) is 0 Å². The summed E-state index contributed by atoms with van der Waals surface area (Å²) in [4.78, 5) is 6.86. The number of nitrogens with one attached hydrogen (secondary N) is 2. The van der Waals surface area contributed by atoms with Crippen molar-refractivity contribution in [2.75, 3.05) is 0 Å². The van der Waals surface area contributed by atoms with Crippen molar-refractivity contribution in [1.29, 1.82) is 0 Å². The Morgan fingerprint density at radius 3 is 2.73 bits per heavy atom. The fraction of sp³-hybridized carbons (Fsp3) is 0.667. The van der Waals surface area contributed by atoms with Crippen molar-refractivity contribution in [3.63, 3.8) is 0 Å². The van der Waals surface area contributed by atoms with Gasteiger partial charge in [0.2, 0.25) is 0 Å². The lowest BCUT2D eigenvalue weighted by Gasteiger charge is -2.36. The monoisotopic (exact) mass is 219 g/mol. The Morgan fingerprint density at radius 1 is 1.47 bits per heavy atom. The normalized spacial score (nSPS) is 26.3. The van der Waals surface area contributed by atoms with Crippen LogP contribution in [0, 0.1) is 5.92 Å². The maximum Gasteiger partial charge on any atom is 0.391 e. The van der Waals surface area contributed by atoms with Crippen molar-refractivity contribution < 1.29 is 13.2 Å². The van der Waals surface area contributed by atoms with Crippen LogP contribution in [-0.4, -0.2) is 22.2 Å². The van der Waals surface area contributed by atoms with Gasteiger partial charge in [-0.1, -0.05) is 0 Å². The lowest BCUT2D eigenvalue weighted by Crippen LogP contribution is -2.46. The van der Waals surface area contributed by atoms with Gasteiger partial charge in [-0.2, -0.15) is 13.2 Å².